The van der Waals surface area contributed by atoms with Crippen molar-refractivity contribution in [1.82, 2.24) is 15.0 Å². The number of amides is 2. The Morgan fingerprint density at radius 2 is 1.77 bits per heavy atom. The van der Waals surface area contributed by atoms with Gasteiger partial charge in [-0.1, -0.05) is 6.07 Å². The molecule has 10 nitrogen and oxygen atoms in total. The van der Waals surface area contributed by atoms with Crippen LogP contribution in [0.15, 0.2) is 53.6 Å². The first-order chi connectivity index (χ1) is 18.8. The highest BCUT2D eigenvalue weighted by Gasteiger charge is 2.28. The maximum Gasteiger partial charge on any atom is 0.411 e. The predicted molar refractivity (Wildman–Crippen MR) is 158 cm³/mol. The second-order valence-corrected chi connectivity index (χ2v) is 13.6. The minimum atomic E-state index is -3.95. The van der Waals surface area contributed by atoms with Gasteiger partial charge in [0.25, 0.3) is 0 Å². The van der Waals surface area contributed by atoms with Crippen molar-refractivity contribution in [2.24, 2.45) is 0 Å². The maximum atomic E-state index is 13.5. The average Bonchev–Trinajstić information content (AvgIpc) is 3.55. The van der Waals surface area contributed by atoms with E-state index in [0.29, 0.717) is 26.8 Å². The van der Waals surface area contributed by atoms with Crippen molar-refractivity contribution in [2.45, 2.75) is 70.0 Å². The number of aromatic nitrogens is 1. The van der Waals surface area contributed by atoms with Crippen LogP contribution in [-0.4, -0.2) is 49.6 Å². The van der Waals surface area contributed by atoms with Crippen LogP contribution in [0.2, 0.25) is 0 Å². The summed E-state index contributed by atoms with van der Waals surface area (Å²) < 4.78 is 34.8. The Hall–Kier alpha value is -3.32. The molecule has 1 aliphatic heterocycles. The Kier molecular flexibility index (Phi) is 8.93. The molecule has 1 fully saturated rings. The van der Waals surface area contributed by atoms with Gasteiger partial charge >= 0.3 is 6.09 Å². The summed E-state index contributed by atoms with van der Waals surface area (Å²) in [5.74, 6) is -0.187. The van der Waals surface area contributed by atoms with E-state index in [2.05, 4.69) is 25.7 Å². The summed E-state index contributed by atoms with van der Waals surface area (Å²) in [5, 5.41) is 9.36. The van der Waals surface area contributed by atoms with Crippen molar-refractivity contribution in [3.8, 4) is 21.0 Å². The highest BCUT2D eigenvalue weighted by Crippen LogP contribution is 2.37. The minimum Gasteiger partial charge on any atom is -0.447 e. The molecule has 2 amide bonds. The van der Waals surface area contributed by atoms with Crippen molar-refractivity contribution in [1.29, 1.82) is 0 Å². The number of carbonyl (C=O) groups excluding carboxylic acids is 2. The lowest BCUT2D eigenvalue weighted by atomic mass is 10.1. The first-order valence-electron chi connectivity index (χ1n) is 13.1. The third-order valence-corrected chi connectivity index (χ3v) is 8.73. The number of thiazole rings is 1. The van der Waals surface area contributed by atoms with E-state index in [4.69, 9.17) is 4.74 Å². The Morgan fingerprint density at radius 1 is 1.07 bits per heavy atom. The van der Waals surface area contributed by atoms with Crippen LogP contribution in [0.4, 0.5) is 16.2 Å². The molecule has 4 N–H and O–H groups in total. The lowest BCUT2D eigenvalue weighted by Gasteiger charge is -2.22. The van der Waals surface area contributed by atoms with E-state index in [1.807, 2.05) is 12.1 Å². The molecule has 2 aromatic carbocycles. The van der Waals surface area contributed by atoms with E-state index in [9.17, 15) is 18.0 Å². The standard InChI is InChI=1S/C28H35N5O5S2/c1-17(2)38-27(35)32-19-10-8-18(9-11-19)26-30-16-23(39-26)21-13-12-20(31-25(34)22-7-6-14-29-22)15-24(21)40(36,37)33-28(3,4)5/h8-13,15-17,22,29,33H,6-7,14H2,1-5H3,(H,31,34)(H,32,35)/t22-/m1/s1. The van der Waals surface area contributed by atoms with Crippen LogP contribution < -0.4 is 20.7 Å². The molecular weight excluding hydrogens is 550 g/mol. The van der Waals surface area contributed by atoms with Gasteiger partial charge in [-0.2, -0.15) is 0 Å². The first kappa shape index (κ1) is 29.7. The third kappa shape index (κ3) is 7.66. The number of nitrogens with zero attached hydrogens (tertiary/aromatic N) is 1. The van der Waals surface area contributed by atoms with Gasteiger partial charge in [0.1, 0.15) is 5.01 Å². The summed E-state index contributed by atoms with van der Waals surface area (Å²) in [6.07, 6.45) is 2.54. The van der Waals surface area contributed by atoms with Gasteiger partial charge in [-0.05, 0) is 90.4 Å². The number of sulfonamides is 1. The van der Waals surface area contributed by atoms with Gasteiger partial charge in [-0.15, -0.1) is 11.3 Å². The first-order valence-corrected chi connectivity index (χ1v) is 15.4. The second-order valence-electron chi connectivity index (χ2n) is 10.9. The summed E-state index contributed by atoms with van der Waals surface area (Å²) in [5.41, 5.74) is 1.56. The molecule has 12 heteroatoms. The topological polar surface area (TPSA) is 139 Å². The second kappa shape index (κ2) is 12.0. The summed E-state index contributed by atoms with van der Waals surface area (Å²) in [7, 11) is -3.95. The zero-order valence-corrected chi connectivity index (χ0v) is 24.8. The highest BCUT2D eigenvalue weighted by atomic mass is 32.2. The Labute approximate surface area is 239 Å². The number of anilines is 2. The summed E-state index contributed by atoms with van der Waals surface area (Å²) in [6, 6.07) is 11.7. The SMILES string of the molecule is CC(C)OC(=O)Nc1ccc(-c2ncc(-c3ccc(NC(=O)[C@H]4CCCN4)cc3S(=O)(=O)NC(C)(C)C)s2)cc1. The van der Waals surface area contributed by atoms with E-state index in [1.165, 1.54) is 17.4 Å². The number of carbonyl (C=O) groups is 2. The normalized spacial score (nSPS) is 15.7. The van der Waals surface area contributed by atoms with Crippen molar-refractivity contribution in [3.63, 3.8) is 0 Å². The fraction of sp³-hybridized carbons (Fsp3) is 0.393. The molecule has 0 aliphatic carbocycles. The molecule has 0 radical (unpaired) electrons. The molecule has 2 heterocycles. The number of ether oxygens (including phenoxy) is 1. The number of hydrogen-bond donors (Lipinski definition) is 4. The van der Waals surface area contributed by atoms with Gasteiger partial charge < -0.3 is 15.4 Å². The lowest BCUT2D eigenvalue weighted by molar-refractivity contribution is -0.117. The van der Waals surface area contributed by atoms with E-state index in [0.717, 1.165) is 24.9 Å². The lowest BCUT2D eigenvalue weighted by Crippen LogP contribution is -2.40. The fourth-order valence-corrected chi connectivity index (χ4v) is 6.90. The zero-order valence-electron chi connectivity index (χ0n) is 23.2. The summed E-state index contributed by atoms with van der Waals surface area (Å²) >= 11 is 1.34. The maximum absolute atomic E-state index is 13.5. The van der Waals surface area contributed by atoms with Gasteiger partial charge in [-0.25, -0.2) is 22.9 Å². The van der Waals surface area contributed by atoms with Crippen LogP contribution in [0, 0.1) is 0 Å². The summed E-state index contributed by atoms with van der Waals surface area (Å²) in [6.45, 7) is 9.64. The molecule has 3 aromatic rings. The molecule has 1 aromatic heterocycles. The van der Waals surface area contributed by atoms with Crippen molar-refractivity contribution in [2.75, 3.05) is 17.2 Å². The average molecular weight is 586 g/mol. The Bertz CT molecular complexity index is 1470. The van der Waals surface area contributed by atoms with E-state index >= 15 is 0 Å². The number of nitrogens with one attached hydrogen (secondary N) is 4. The molecule has 0 unspecified atom stereocenters. The molecule has 0 spiro atoms. The molecule has 1 atom stereocenters. The van der Waals surface area contributed by atoms with Crippen molar-refractivity contribution in [3.05, 3.63) is 48.7 Å². The molecule has 4 rings (SSSR count). The van der Waals surface area contributed by atoms with Crippen LogP contribution in [0.25, 0.3) is 21.0 Å². The van der Waals surface area contributed by atoms with Gasteiger partial charge in [0.2, 0.25) is 15.9 Å². The summed E-state index contributed by atoms with van der Waals surface area (Å²) in [4.78, 5) is 29.8. The van der Waals surface area contributed by atoms with Crippen LogP contribution in [0.5, 0.6) is 0 Å². The quantitative estimate of drug-likeness (QED) is 0.285. The number of benzene rings is 2. The Balaban J connectivity index is 1.62. The molecule has 0 bridgehead atoms. The molecule has 1 aliphatic rings. The van der Waals surface area contributed by atoms with Crippen molar-refractivity contribution >= 4 is 44.7 Å². The molecule has 214 valence electrons. The fourth-order valence-electron chi connectivity index (χ4n) is 4.21. The smallest absolute Gasteiger partial charge is 0.411 e. The zero-order chi connectivity index (χ0) is 29.1. The largest absolute Gasteiger partial charge is 0.447 e. The van der Waals surface area contributed by atoms with Crippen LogP contribution in [0.3, 0.4) is 0 Å². The van der Waals surface area contributed by atoms with Gasteiger partial charge in [-0.3, -0.25) is 10.1 Å². The van der Waals surface area contributed by atoms with Crippen LogP contribution >= 0.6 is 11.3 Å². The number of hydrogen-bond acceptors (Lipinski definition) is 8. The highest BCUT2D eigenvalue weighted by molar-refractivity contribution is 7.89. The van der Waals surface area contributed by atoms with Crippen LogP contribution in [-0.2, 0) is 19.6 Å². The van der Waals surface area contributed by atoms with Gasteiger partial charge in [0.05, 0.1) is 21.9 Å². The van der Waals surface area contributed by atoms with Gasteiger partial charge in [0.15, 0.2) is 0 Å². The monoisotopic (exact) mass is 585 g/mol. The molecule has 1 saturated heterocycles. The number of rotatable bonds is 8. The third-order valence-electron chi connectivity index (χ3n) is 5.85. The van der Waals surface area contributed by atoms with Gasteiger partial charge in [0, 0.05) is 34.2 Å². The minimum absolute atomic E-state index is 0.0537. The molecule has 40 heavy (non-hydrogen) atoms. The van der Waals surface area contributed by atoms with E-state index in [-0.39, 0.29) is 22.9 Å². The molecule has 0 saturated carbocycles. The predicted octanol–water partition coefficient (Wildman–Crippen LogP) is 5.20. The van der Waals surface area contributed by atoms with E-state index < -0.39 is 21.7 Å². The van der Waals surface area contributed by atoms with Crippen molar-refractivity contribution < 1.29 is 22.7 Å². The van der Waals surface area contributed by atoms with Crippen LogP contribution in [0.1, 0.15) is 47.5 Å². The molecular formula is C28H35N5O5S2. The van der Waals surface area contributed by atoms with E-state index in [1.54, 1.807) is 65.1 Å². The Morgan fingerprint density at radius 3 is 2.40 bits per heavy atom.